The molecule has 1 atom stereocenters. The van der Waals surface area contributed by atoms with E-state index < -0.39 is 0 Å². The summed E-state index contributed by atoms with van der Waals surface area (Å²) < 4.78 is 0. The lowest BCUT2D eigenvalue weighted by molar-refractivity contribution is -0.127. The van der Waals surface area contributed by atoms with Gasteiger partial charge in [0.2, 0.25) is 5.91 Å². The summed E-state index contributed by atoms with van der Waals surface area (Å²) in [6.45, 7) is 5.16. The van der Waals surface area contributed by atoms with Crippen LogP contribution < -0.4 is 5.32 Å². The molecule has 0 spiro atoms. The number of hydrogen-bond acceptors (Lipinski definition) is 6. The topological polar surface area (TPSA) is 71.0 Å². The van der Waals surface area contributed by atoms with E-state index >= 15 is 0 Å². The minimum atomic E-state index is 0.0171. The van der Waals surface area contributed by atoms with Crippen LogP contribution in [0.4, 0.5) is 10.9 Å². The standard InChI is InChI=1S/C16H19N5OS/c1-2-15(22)21-6-3-4-12(10-21)8-13-9-14(19-11-18-13)20-16-17-5-7-23-16/h2,5,7,9,11-12H,1,3-4,6,8,10H2,(H,17,18,19,20)/t12-/m0/s1. The van der Waals surface area contributed by atoms with Crippen LogP contribution in [-0.4, -0.2) is 38.8 Å². The van der Waals surface area contributed by atoms with Gasteiger partial charge in [0.05, 0.1) is 0 Å². The van der Waals surface area contributed by atoms with Gasteiger partial charge in [0, 0.05) is 36.4 Å². The Bertz CT molecular complexity index is 673. The van der Waals surface area contributed by atoms with Crippen molar-refractivity contribution in [1.29, 1.82) is 0 Å². The van der Waals surface area contributed by atoms with Crippen LogP contribution >= 0.6 is 11.3 Å². The number of nitrogens with zero attached hydrogens (tertiary/aromatic N) is 4. The van der Waals surface area contributed by atoms with Gasteiger partial charge in [0.1, 0.15) is 12.1 Å². The molecule has 23 heavy (non-hydrogen) atoms. The van der Waals surface area contributed by atoms with Crippen molar-refractivity contribution in [3.63, 3.8) is 0 Å². The molecule has 3 rings (SSSR count). The number of amides is 1. The molecule has 6 nitrogen and oxygen atoms in total. The fraction of sp³-hybridized carbons (Fsp3) is 0.375. The van der Waals surface area contributed by atoms with E-state index in [9.17, 15) is 4.79 Å². The molecule has 0 bridgehead atoms. The predicted octanol–water partition coefficient (Wildman–Crippen LogP) is 2.64. The van der Waals surface area contributed by atoms with Gasteiger partial charge in [-0.3, -0.25) is 4.79 Å². The lowest BCUT2D eigenvalue weighted by Crippen LogP contribution is -2.39. The van der Waals surface area contributed by atoms with Crippen molar-refractivity contribution >= 4 is 28.2 Å². The average Bonchev–Trinajstić information content (AvgIpc) is 3.07. The first kappa shape index (κ1) is 15.6. The van der Waals surface area contributed by atoms with E-state index in [1.807, 2.05) is 16.3 Å². The third-order valence-corrected chi connectivity index (χ3v) is 4.58. The fourth-order valence-corrected chi connectivity index (χ4v) is 3.36. The van der Waals surface area contributed by atoms with Gasteiger partial charge in [-0.1, -0.05) is 6.58 Å². The molecule has 0 aliphatic carbocycles. The van der Waals surface area contributed by atoms with Gasteiger partial charge >= 0.3 is 0 Å². The van der Waals surface area contributed by atoms with Gasteiger partial charge < -0.3 is 10.2 Å². The van der Waals surface area contributed by atoms with E-state index in [0.717, 1.165) is 49.0 Å². The van der Waals surface area contributed by atoms with E-state index in [0.29, 0.717) is 5.92 Å². The van der Waals surface area contributed by atoms with E-state index in [2.05, 4.69) is 26.8 Å². The number of carbonyl (C=O) groups excluding carboxylic acids is 1. The highest BCUT2D eigenvalue weighted by Gasteiger charge is 2.22. The summed E-state index contributed by atoms with van der Waals surface area (Å²) in [6.07, 6.45) is 7.70. The SMILES string of the molecule is C=CC(=O)N1CCC[C@@H](Cc2cc(Nc3nccs3)ncn2)C1. The molecular weight excluding hydrogens is 310 g/mol. The lowest BCUT2D eigenvalue weighted by atomic mass is 9.93. The van der Waals surface area contributed by atoms with Crippen molar-refractivity contribution in [2.24, 2.45) is 5.92 Å². The zero-order valence-electron chi connectivity index (χ0n) is 12.8. The molecule has 2 aromatic rings. The smallest absolute Gasteiger partial charge is 0.245 e. The minimum Gasteiger partial charge on any atom is -0.339 e. The molecule has 2 aromatic heterocycles. The van der Waals surface area contributed by atoms with Crippen molar-refractivity contribution < 1.29 is 4.79 Å². The summed E-state index contributed by atoms with van der Waals surface area (Å²) in [5, 5.41) is 5.91. The maximum atomic E-state index is 11.8. The third kappa shape index (κ3) is 4.13. The van der Waals surface area contributed by atoms with Gasteiger partial charge in [-0.2, -0.15) is 0 Å². The molecule has 120 valence electrons. The highest BCUT2D eigenvalue weighted by atomic mass is 32.1. The Morgan fingerprint density at radius 2 is 2.39 bits per heavy atom. The van der Waals surface area contributed by atoms with Crippen molar-refractivity contribution in [1.82, 2.24) is 19.9 Å². The van der Waals surface area contributed by atoms with E-state index in [1.165, 1.54) is 17.4 Å². The number of nitrogens with one attached hydrogen (secondary N) is 1. The van der Waals surface area contributed by atoms with Gasteiger partial charge in [-0.05, 0) is 31.3 Å². The molecular formula is C16H19N5OS. The molecule has 0 radical (unpaired) electrons. The third-order valence-electron chi connectivity index (χ3n) is 3.89. The number of aromatic nitrogens is 3. The zero-order chi connectivity index (χ0) is 16.1. The number of anilines is 2. The number of carbonyl (C=O) groups is 1. The molecule has 7 heteroatoms. The Morgan fingerprint density at radius 3 is 3.17 bits per heavy atom. The lowest BCUT2D eigenvalue weighted by Gasteiger charge is -2.32. The summed E-state index contributed by atoms with van der Waals surface area (Å²) in [5.41, 5.74) is 0.983. The molecule has 1 aliphatic rings. The van der Waals surface area contributed by atoms with E-state index in [1.54, 1.807) is 12.5 Å². The Morgan fingerprint density at radius 1 is 1.48 bits per heavy atom. The van der Waals surface area contributed by atoms with Crippen LogP contribution in [0.3, 0.4) is 0 Å². The van der Waals surface area contributed by atoms with Crippen LogP contribution in [0.15, 0.2) is 36.6 Å². The summed E-state index contributed by atoms with van der Waals surface area (Å²) in [7, 11) is 0. The van der Waals surface area contributed by atoms with Crippen LogP contribution in [0.2, 0.25) is 0 Å². The Kier molecular flexibility index (Phi) is 4.97. The number of thiazole rings is 1. The summed E-state index contributed by atoms with van der Waals surface area (Å²) in [4.78, 5) is 26.4. The van der Waals surface area contributed by atoms with Crippen LogP contribution in [0.25, 0.3) is 0 Å². The zero-order valence-corrected chi connectivity index (χ0v) is 13.6. The van der Waals surface area contributed by atoms with Crippen LogP contribution in [-0.2, 0) is 11.2 Å². The van der Waals surface area contributed by atoms with Gasteiger partial charge in [0.25, 0.3) is 0 Å². The quantitative estimate of drug-likeness (QED) is 0.854. The highest BCUT2D eigenvalue weighted by Crippen LogP contribution is 2.22. The molecule has 3 heterocycles. The van der Waals surface area contributed by atoms with Gasteiger partial charge in [0.15, 0.2) is 5.13 Å². The number of hydrogen-bond donors (Lipinski definition) is 1. The van der Waals surface area contributed by atoms with E-state index in [-0.39, 0.29) is 5.91 Å². The second-order valence-electron chi connectivity index (χ2n) is 5.56. The highest BCUT2D eigenvalue weighted by molar-refractivity contribution is 7.13. The summed E-state index contributed by atoms with van der Waals surface area (Å²) >= 11 is 1.53. The maximum absolute atomic E-state index is 11.8. The van der Waals surface area contributed by atoms with Crippen LogP contribution in [0, 0.1) is 5.92 Å². The summed E-state index contributed by atoms with van der Waals surface area (Å²) in [6, 6.07) is 1.95. The molecule has 1 saturated heterocycles. The Hall–Kier alpha value is -2.28. The van der Waals surface area contributed by atoms with Crippen LogP contribution in [0.1, 0.15) is 18.5 Å². The van der Waals surface area contributed by atoms with Crippen molar-refractivity contribution in [2.75, 3.05) is 18.4 Å². The molecule has 1 aliphatic heterocycles. The molecule has 0 unspecified atom stereocenters. The predicted molar refractivity (Wildman–Crippen MR) is 90.6 cm³/mol. The largest absolute Gasteiger partial charge is 0.339 e. The first-order valence-corrected chi connectivity index (χ1v) is 8.51. The Balaban J connectivity index is 1.63. The normalized spacial score (nSPS) is 17.7. The number of piperidine rings is 1. The first-order chi connectivity index (χ1) is 11.2. The van der Waals surface area contributed by atoms with Crippen molar-refractivity contribution in [2.45, 2.75) is 19.3 Å². The monoisotopic (exact) mass is 329 g/mol. The van der Waals surface area contributed by atoms with Crippen LogP contribution in [0.5, 0.6) is 0 Å². The molecule has 0 aromatic carbocycles. The average molecular weight is 329 g/mol. The van der Waals surface area contributed by atoms with E-state index in [4.69, 9.17) is 0 Å². The van der Waals surface area contributed by atoms with Crippen molar-refractivity contribution in [3.8, 4) is 0 Å². The van der Waals surface area contributed by atoms with Gasteiger partial charge in [-0.25, -0.2) is 15.0 Å². The maximum Gasteiger partial charge on any atom is 0.245 e. The second-order valence-corrected chi connectivity index (χ2v) is 6.45. The molecule has 1 fully saturated rings. The molecule has 0 saturated carbocycles. The van der Waals surface area contributed by atoms with Crippen molar-refractivity contribution in [3.05, 3.63) is 42.3 Å². The summed E-state index contributed by atoms with van der Waals surface area (Å²) in [5.74, 6) is 1.19. The minimum absolute atomic E-state index is 0.0171. The fourth-order valence-electron chi connectivity index (χ4n) is 2.83. The Labute approximate surface area is 139 Å². The molecule has 1 N–H and O–H groups in total. The van der Waals surface area contributed by atoms with Gasteiger partial charge in [-0.15, -0.1) is 11.3 Å². The number of likely N-dealkylation sites (tertiary alicyclic amines) is 1. The first-order valence-electron chi connectivity index (χ1n) is 7.63. The molecule has 1 amide bonds. The second kappa shape index (κ2) is 7.32. The number of rotatable bonds is 5.